The molecular formula is C20H28N4O2S. The van der Waals surface area contributed by atoms with Crippen molar-refractivity contribution in [2.24, 2.45) is 5.92 Å². The van der Waals surface area contributed by atoms with Gasteiger partial charge in [-0.2, -0.15) is 5.10 Å². The lowest BCUT2D eigenvalue weighted by Crippen LogP contribution is -2.43. The first kappa shape index (κ1) is 18.8. The summed E-state index contributed by atoms with van der Waals surface area (Å²) in [5, 5.41) is 11.7. The highest BCUT2D eigenvalue weighted by Crippen LogP contribution is 2.33. The molecule has 7 heteroatoms. The van der Waals surface area contributed by atoms with Crippen molar-refractivity contribution in [1.82, 2.24) is 15.1 Å². The number of aryl methyl sites for hydroxylation is 2. The van der Waals surface area contributed by atoms with E-state index in [0.717, 1.165) is 57.3 Å². The lowest BCUT2D eigenvalue weighted by atomic mass is 9.94. The molecule has 0 aromatic carbocycles. The summed E-state index contributed by atoms with van der Waals surface area (Å²) in [6, 6.07) is 8.40. The predicted molar refractivity (Wildman–Crippen MR) is 107 cm³/mol. The maximum atomic E-state index is 6.32. The smallest absolute Gasteiger partial charge is 0.148 e. The average Bonchev–Trinajstić information content (AvgIpc) is 3.18. The highest BCUT2D eigenvalue weighted by atomic mass is 32.1. The van der Waals surface area contributed by atoms with Gasteiger partial charge in [-0.25, -0.2) is 0 Å². The quantitative estimate of drug-likeness (QED) is 0.850. The number of thiophene rings is 1. The second-order valence-corrected chi connectivity index (χ2v) is 9.15. The molecule has 146 valence electrons. The summed E-state index contributed by atoms with van der Waals surface area (Å²) >= 11 is 1.88. The van der Waals surface area contributed by atoms with E-state index in [1.54, 1.807) is 0 Å². The topological polar surface area (TPSA) is 59.5 Å². The third kappa shape index (κ3) is 4.85. The van der Waals surface area contributed by atoms with Gasteiger partial charge in [0.25, 0.3) is 0 Å². The predicted octanol–water partition coefficient (Wildman–Crippen LogP) is 2.87. The van der Waals surface area contributed by atoms with Crippen molar-refractivity contribution in [3.05, 3.63) is 39.7 Å². The number of hydrogen-bond acceptors (Lipinski definition) is 7. The molecule has 2 atom stereocenters. The molecule has 0 bridgehead atoms. The molecule has 4 heterocycles. The van der Waals surface area contributed by atoms with E-state index in [-0.39, 0.29) is 5.60 Å². The fourth-order valence-electron chi connectivity index (χ4n) is 3.93. The van der Waals surface area contributed by atoms with Crippen LogP contribution >= 0.6 is 11.3 Å². The van der Waals surface area contributed by atoms with E-state index in [4.69, 9.17) is 9.47 Å². The van der Waals surface area contributed by atoms with Gasteiger partial charge in [-0.1, -0.05) is 0 Å². The molecule has 1 N–H and O–H groups in total. The standard InChI is InChI=1S/C20H28N4O2S/c1-15-3-6-19(23-22-15)21-10-17-9-20(26-12-17)13-24(7-8-25-14-20)11-18-5-4-16(2)27-18/h3-6,17H,7-14H2,1-2H3,(H,21,23). The lowest BCUT2D eigenvalue weighted by molar-refractivity contribution is -0.0561. The summed E-state index contributed by atoms with van der Waals surface area (Å²) in [6.07, 6.45) is 1.01. The van der Waals surface area contributed by atoms with Crippen LogP contribution in [-0.2, 0) is 16.0 Å². The van der Waals surface area contributed by atoms with E-state index < -0.39 is 0 Å². The Kier molecular flexibility index (Phi) is 5.73. The van der Waals surface area contributed by atoms with Crippen LogP contribution < -0.4 is 5.32 Å². The van der Waals surface area contributed by atoms with Gasteiger partial charge in [0.1, 0.15) is 11.4 Å². The van der Waals surface area contributed by atoms with Crippen molar-refractivity contribution in [3.63, 3.8) is 0 Å². The zero-order valence-electron chi connectivity index (χ0n) is 16.1. The minimum atomic E-state index is -0.186. The molecule has 2 unspecified atom stereocenters. The van der Waals surface area contributed by atoms with Crippen LogP contribution in [0.2, 0.25) is 0 Å². The maximum absolute atomic E-state index is 6.32. The molecular weight excluding hydrogens is 360 g/mol. The monoisotopic (exact) mass is 388 g/mol. The SMILES string of the molecule is Cc1ccc(NCC2COC3(COCCN(Cc4ccc(C)s4)C3)C2)nn1. The first-order chi connectivity index (χ1) is 13.1. The minimum Gasteiger partial charge on any atom is -0.377 e. The van der Waals surface area contributed by atoms with Gasteiger partial charge in [0.05, 0.1) is 25.5 Å². The fraction of sp³-hybridized carbons (Fsp3) is 0.600. The summed E-state index contributed by atoms with van der Waals surface area (Å²) in [7, 11) is 0. The first-order valence-corrected chi connectivity index (χ1v) is 10.5. The van der Waals surface area contributed by atoms with Crippen molar-refractivity contribution in [3.8, 4) is 0 Å². The fourth-order valence-corrected chi connectivity index (χ4v) is 4.86. The summed E-state index contributed by atoms with van der Waals surface area (Å²) in [5.41, 5.74) is 0.744. The Balaban J connectivity index is 1.33. The molecule has 0 radical (unpaired) electrons. The highest BCUT2D eigenvalue weighted by Gasteiger charge is 2.43. The molecule has 0 amide bonds. The minimum absolute atomic E-state index is 0.186. The molecule has 2 saturated heterocycles. The Hall–Kier alpha value is -1.54. The van der Waals surface area contributed by atoms with E-state index in [2.05, 4.69) is 39.5 Å². The van der Waals surface area contributed by atoms with E-state index in [1.807, 2.05) is 30.4 Å². The van der Waals surface area contributed by atoms with Crippen LogP contribution in [0.3, 0.4) is 0 Å². The van der Waals surface area contributed by atoms with Crippen LogP contribution in [0.1, 0.15) is 21.9 Å². The summed E-state index contributed by atoms with van der Waals surface area (Å²) in [4.78, 5) is 5.27. The van der Waals surface area contributed by atoms with Crippen LogP contribution in [0.4, 0.5) is 5.82 Å². The summed E-state index contributed by atoms with van der Waals surface area (Å²) in [6.45, 7) is 10.1. The Labute approximate surface area is 164 Å². The van der Waals surface area contributed by atoms with Crippen LogP contribution in [0.15, 0.2) is 24.3 Å². The number of aromatic nitrogens is 2. The van der Waals surface area contributed by atoms with Gasteiger partial charge < -0.3 is 14.8 Å². The Bertz CT molecular complexity index is 751. The number of ether oxygens (including phenoxy) is 2. The van der Waals surface area contributed by atoms with Gasteiger partial charge in [-0.05, 0) is 44.5 Å². The maximum Gasteiger partial charge on any atom is 0.148 e. The Morgan fingerprint density at radius 3 is 2.96 bits per heavy atom. The molecule has 0 aliphatic carbocycles. The normalized spacial score (nSPS) is 26.4. The Morgan fingerprint density at radius 2 is 2.19 bits per heavy atom. The van der Waals surface area contributed by atoms with Gasteiger partial charge in [0.15, 0.2) is 0 Å². The summed E-state index contributed by atoms with van der Waals surface area (Å²) < 4.78 is 12.2. The van der Waals surface area contributed by atoms with Crippen LogP contribution in [-0.4, -0.2) is 60.2 Å². The van der Waals surface area contributed by atoms with Gasteiger partial charge >= 0.3 is 0 Å². The molecule has 2 aromatic heterocycles. The van der Waals surface area contributed by atoms with Gasteiger partial charge in [-0.3, -0.25) is 4.90 Å². The molecule has 2 aromatic rings. The van der Waals surface area contributed by atoms with E-state index >= 15 is 0 Å². The van der Waals surface area contributed by atoms with Crippen molar-refractivity contribution >= 4 is 17.2 Å². The second-order valence-electron chi connectivity index (χ2n) is 7.78. The molecule has 2 aliphatic heterocycles. The van der Waals surface area contributed by atoms with E-state index in [0.29, 0.717) is 12.5 Å². The molecule has 0 saturated carbocycles. The van der Waals surface area contributed by atoms with Crippen molar-refractivity contribution in [2.75, 3.05) is 44.8 Å². The third-order valence-electron chi connectivity index (χ3n) is 5.26. The van der Waals surface area contributed by atoms with Gasteiger partial charge in [0, 0.05) is 41.9 Å². The molecule has 2 aliphatic rings. The van der Waals surface area contributed by atoms with Gasteiger partial charge in [0.2, 0.25) is 0 Å². The lowest BCUT2D eigenvalue weighted by Gasteiger charge is -2.31. The summed E-state index contributed by atoms with van der Waals surface area (Å²) in [5.74, 6) is 1.29. The van der Waals surface area contributed by atoms with Crippen LogP contribution in [0.5, 0.6) is 0 Å². The Morgan fingerprint density at radius 1 is 1.26 bits per heavy atom. The van der Waals surface area contributed by atoms with Crippen molar-refractivity contribution in [1.29, 1.82) is 0 Å². The van der Waals surface area contributed by atoms with Gasteiger partial charge in [-0.15, -0.1) is 16.4 Å². The largest absolute Gasteiger partial charge is 0.377 e. The average molecular weight is 389 g/mol. The number of anilines is 1. The zero-order chi connectivity index (χ0) is 18.7. The second kappa shape index (κ2) is 8.22. The molecule has 1 spiro atoms. The highest BCUT2D eigenvalue weighted by molar-refractivity contribution is 7.11. The van der Waals surface area contributed by atoms with E-state index in [1.165, 1.54) is 9.75 Å². The number of hydrogen-bond donors (Lipinski definition) is 1. The van der Waals surface area contributed by atoms with Crippen molar-refractivity contribution < 1.29 is 9.47 Å². The molecule has 2 fully saturated rings. The number of rotatable bonds is 5. The van der Waals surface area contributed by atoms with Crippen LogP contribution in [0, 0.1) is 19.8 Å². The molecule has 27 heavy (non-hydrogen) atoms. The van der Waals surface area contributed by atoms with Crippen molar-refractivity contribution in [2.45, 2.75) is 32.4 Å². The molecule has 4 rings (SSSR count). The van der Waals surface area contributed by atoms with Crippen LogP contribution in [0.25, 0.3) is 0 Å². The number of nitrogens with one attached hydrogen (secondary N) is 1. The van der Waals surface area contributed by atoms with E-state index in [9.17, 15) is 0 Å². The first-order valence-electron chi connectivity index (χ1n) is 9.64. The molecule has 6 nitrogen and oxygen atoms in total. The number of nitrogens with zero attached hydrogens (tertiary/aromatic N) is 3. The third-order valence-corrected chi connectivity index (χ3v) is 6.25. The zero-order valence-corrected chi connectivity index (χ0v) is 16.9.